The molecule has 0 saturated carbocycles. The second kappa shape index (κ2) is 8.61. The second-order valence-electron chi connectivity index (χ2n) is 3.99. The average molecular weight is 303 g/mol. The van der Waals surface area contributed by atoms with Gasteiger partial charge in [-0.2, -0.15) is 0 Å². The van der Waals surface area contributed by atoms with Crippen LogP contribution in [0.2, 0.25) is 0 Å². The molecular formula is C13H20BrFN2. The molecule has 1 aromatic carbocycles. The van der Waals surface area contributed by atoms with Gasteiger partial charge in [0.05, 0.1) is 4.47 Å². The molecule has 0 spiro atoms. The normalized spacial score (nSPS) is 10.8. The van der Waals surface area contributed by atoms with Gasteiger partial charge < -0.3 is 10.6 Å². The highest BCUT2D eigenvalue weighted by Gasteiger charge is 2.04. The summed E-state index contributed by atoms with van der Waals surface area (Å²) in [6.07, 6.45) is 2.23. The maximum atomic E-state index is 13.6. The van der Waals surface area contributed by atoms with Crippen molar-refractivity contribution in [1.29, 1.82) is 0 Å². The van der Waals surface area contributed by atoms with Gasteiger partial charge in [0.1, 0.15) is 5.82 Å². The molecule has 0 bridgehead atoms. The Labute approximate surface area is 111 Å². The minimum atomic E-state index is -0.163. The highest BCUT2D eigenvalue weighted by Crippen LogP contribution is 2.18. The third-order valence-corrected chi connectivity index (χ3v) is 3.09. The molecule has 4 heteroatoms. The SMILES string of the molecule is CCCNCCCNCc1cccc(Br)c1F. The summed E-state index contributed by atoms with van der Waals surface area (Å²) >= 11 is 3.18. The molecule has 2 nitrogen and oxygen atoms in total. The highest BCUT2D eigenvalue weighted by molar-refractivity contribution is 9.10. The van der Waals surface area contributed by atoms with E-state index >= 15 is 0 Å². The molecule has 0 aliphatic carbocycles. The van der Waals surface area contributed by atoms with Crippen molar-refractivity contribution < 1.29 is 4.39 Å². The minimum Gasteiger partial charge on any atom is -0.317 e. The van der Waals surface area contributed by atoms with E-state index in [0.717, 1.165) is 32.5 Å². The Kier molecular flexibility index (Phi) is 7.40. The van der Waals surface area contributed by atoms with E-state index in [1.807, 2.05) is 12.1 Å². The number of hydrogen-bond donors (Lipinski definition) is 2. The Hall–Kier alpha value is -0.450. The number of benzene rings is 1. The molecule has 0 unspecified atom stereocenters. The Morgan fingerprint density at radius 3 is 2.71 bits per heavy atom. The number of hydrogen-bond acceptors (Lipinski definition) is 2. The lowest BCUT2D eigenvalue weighted by atomic mass is 10.2. The summed E-state index contributed by atoms with van der Waals surface area (Å²) in [5.74, 6) is -0.163. The van der Waals surface area contributed by atoms with Gasteiger partial charge in [0.2, 0.25) is 0 Å². The van der Waals surface area contributed by atoms with Crippen molar-refractivity contribution in [3.8, 4) is 0 Å². The molecule has 2 N–H and O–H groups in total. The van der Waals surface area contributed by atoms with E-state index in [0.29, 0.717) is 16.6 Å². The predicted molar refractivity (Wildman–Crippen MR) is 73.6 cm³/mol. The fraction of sp³-hybridized carbons (Fsp3) is 0.538. The minimum absolute atomic E-state index is 0.163. The van der Waals surface area contributed by atoms with Crippen LogP contribution in [0.3, 0.4) is 0 Å². The van der Waals surface area contributed by atoms with Gasteiger partial charge in [0.15, 0.2) is 0 Å². The van der Waals surface area contributed by atoms with Crippen LogP contribution in [-0.4, -0.2) is 19.6 Å². The first-order valence-electron chi connectivity index (χ1n) is 6.10. The standard InChI is InChI=1S/C13H20BrFN2/c1-2-7-16-8-4-9-17-10-11-5-3-6-12(14)13(11)15/h3,5-6,16-17H,2,4,7-10H2,1H3. The number of rotatable bonds is 8. The van der Waals surface area contributed by atoms with Gasteiger partial charge in [0, 0.05) is 12.1 Å². The van der Waals surface area contributed by atoms with Crippen LogP contribution in [0, 0.1) is 5.82 Å². The lowest BCUT2D eigenvalue weighted by Gasteiger charge is -2.07. The predicted octanol–water partition coefficient (Wildman–Crippen LogP) is 3.07. The Morgan fingerprint density at radius 1 is 1.18 bits per heavy atom. The summed E-state index contributed by atoms with van der Waals surface area (Å²) in [5, 5.41) is 6.58. The van der Waals surface area contributed by atoms with E-state index < -0.39 is 0 Å². The smallest absolute Gasteiger partial charge is 0.141 e. The quantitative estimate of drug-likeness (QED) is 0.721. The molecule has 0 saturated heterocycles. The van der Waals surface area contributed by atoms with Gasteiger partial charge in [-0.15, -0.1) is 0 Å². The molecule has 1 aromatic rings. The van der Waals surface area contributed by atoms with E-state index in [2.05, 4.69) is 33.5 Å². The largest absolute Gasteiger partial charge is 0.317 e. The molecule has 0 aliphatic rings. The van der Waals surface area contributed by atoms with Crippen LogP contribution in [0.15, 0.2) is 22.7 Å². The topological polar surface area (TPSA) is 24.1 Å². The fourth-order valence-electron chi connectivity index (χ4n) is 1.55. The van der Waals surface area contributed by atoms with E-state index in [9.17, 15) is 4.39 Å². The molecule has 0 aromatic heterocycles. The van der Waals surface area contributed by atoms with Crippen molar-refractivity contribution in [3.63, 3.8) is 0 Å². The third-order valence-electron chi connectivity index (χ3n) is 2.48. The van der Waals surface area contributed by atoms with E-state index in [-0.39, 0.29) is 5.82 Å². The molecule has 0 atom stereocenters. The van der Waals surface area contributed by atoms with Crippen LogP contribution in [0.4, 0.5) is 4.39 Å². The fourth-order valence-corrected chi connectivity index (χ4v) is 1.96. The monoisotopic (exact) mass is 302 g/mol. The first kappa shape index (κ1) is 14.6. The highest BCUT2D eigenvalue weighted by atomic mass is 79.9. The van der Waals surface area contributed by atoms with Crippen LogP contribution in [-0.2, 0) is 6.54 Å². The molecule has 0 fully saturated rings. The van der Waals surface area contributed by atoms with Crippen molar-refractivity contribution in [2.75, 3.05) is 19.6 Å². The zero-order valence-electron chi connectivity index (χ0n) is 10.2. The van der Waals surface area contributed by atoms with Crippen LogP contribution in [0.25, 0.3) is 0 Å². The zero-order chi connectivity index (χ0) is 12.5. The molecule has 0 aliphatic heterocycles. The van der Waals surface area contributed by atoms with E-state index in [1.54, 1.807) is 6.07 Å². The second-order valence-corrected chi connectivity index (χ2v) is 4.85. The van der Waals surface area contributed by atoms with Gasteiger partial charge in [-0.3, -0.25) is 0 Å². The lowest BCUT2D eigenvalue weighted by Crippen LogP contribution is -2.22. The van der Waals surface area contributed by atoms with Gasteiger partial charge in [-0.25, -0.2) is 4.39 Å². The molecule has 0 radical (unpaired) electrons. The zero-order valence-corrected chi connectivity index (χ0v) is 11.8. The average Bonchev–Trinajstić information content (AvgIpc) is 2.33. The number of nitrogens with one attached hydrogen (secondary N) is 2. The van der Waals surface area contributed by atoms with Crippen molar-refractivity contribution in [2.24, 2.45) is 0 Å². The summed E-state index contributed by atoms with van der Waals surface area (Å²) in [5.41, 5.74) is 0.709. The Morgan fingerprint density at radius 2 is 1.94 bits per heavy atom. The van der Waals surface area contributed by atoms with Crippen molar-refractivity contribution >= 4 is 15.9 Å². The Balaban J connectivity index is 2.16. The van der Waals surface area contributed by atoms with Gasteiger partial charge in [-0.1, -0.05) is 19.1 Å². The van der Waals surface area contributed by atoms with Crippen molar-refractivity contribution in [3.05, 3.63) is 34.1 Å². The van der Waals surface area contributed by atoms with Gasteiger partial charge in [-0.05, 0) is 54.5 Å². The van der Waals surface area contributed by atoms with Crippen molar-refractivity contribution in [1.82, 2.24) is 10.6 Å². The van der Waals surface area contributed by atoms with Crippen LogP contribution >= 0.6 is 15.9 Å². The van der Waals surface area contributed by atoms with E-state index in [1.165, 1.54) is 0 Å². The van der Waals surface area contributed by atoms with Gasteiger partial charge >= 0.3 is 0 Å². The third kappa shape index (κ3) is 5.61. The van der Waals surface area contributed by atoms with Crippen LogP contribution in [0.5, 0.6) is 0 Å². The van der Waals surface area contributed by atoms with Crippen LogP contribution < -0.4 is 10.6 Å². The first-order chi connectivity index (χ1) is 8.25. The summed E-state index contributed by atoms with van der Waals surface area (Å²) in [6.45, 7) is 5.73. The van der Waals surface area contributed by atoms with Crippen LogP contribution in [0.1, 0.15) is 25.3 Å². The molecular weight excluding hydrogens is 283 g/mol. The molecule has 0 amide bonds. The maximum absolute atomic E-state index is 13.6. The summed E-state index contributed by atoms with van der Waals surface area (Å²) in [7, 11) is 0. The van der Waals surface area contributed by atoms with E-state index in [4.69, 9.17) is 0 Å². The summed E-state index contributed by atoms with van der Waals surface area (Å²) < 4.78 is 14.1. The summed E-state index contributed by atoms with van der Waals surface area (Å²) in [4.78, 5) is 0. The first-order valence-corrected chi connectivity index (χ1v) is 6.89. The van der Waals surface area contributed by atoms with Gasteiger partial charge in [0.25, 0.3) is 0 Å². The Bertz CT molecular complexity index is 331. The lowest BCUT2D eigenvalue weighted by molar-refractivity contribution is 0.564. The molecule has 1 rings (SSSR count). The number of halogens is 2. The molecule has 96 valence electrons. The summed E-state index contributed by atoms with van der Waals surface area (Å²) in [6, 6.07) is 5.38. The molecule has 0 heterocycles. The maximum Gasteiger partial charge on any atom is 0.141 e. The van der Waals surface area contributed by atoms with Crippen molar-refractivity contribution in [2.45, 2.75) is 26.3 Å². The molecule has 17 heavy (non-hydrogen) atoms.